The smallest absolute Gasteiger partial charge is 0.316 e. The summed E-state index contributed by atoms with van der Waals surface area (Å²) >= 11 is 1.31. The van der Waals surface area contributed by atoms with Crippen molar-refractivity contribution in [3.8, 4) is 5.75 Å². The summed E-state index contributed by atoms with van der Waals surface area (Å²) in [4.78, 5) is 11.3. The van der Waals surface area contributed by atoms with E-state index in [9.17, 15) is 4.79 Å². The zero-order valence-electron chi connectivity index (χ0n) is 14.5. The van der Waals surface area contributed by atoms with Gasteiger partial charge in [-0.25, -0.2) is 0 Å². The van der Waals surface area contributed by atoms with Crippen LogP contribution in [-0.4, -0.2) is 33.6 Å². The van der Waals surface area contributed by atoms with Crippen molar-refractivity contribution in [2.75, 3.05) is 12.9 Å². The van der Waals surface area contributed by atoms with Crippen molar-refractivity contribution in [3.05, 3.63) is 35.7 Å². The lowest BCUT2D eigenvalue weighted by Crippen LogP contribution is -2.12. The van der Waals surface area contributed by atoms with Crippen LogP contribution in [0.1, 0.15) is 38.3 Å². The van der Waals surface area contributed by atoms with Gasteiger partial charge in [0.05, 0.1) is 12.9 Å². The lowest BCUT2D eigenvalue weighted by molar-refractivity contribution is -0.137. The second-order valence-corrected chi connectivity index (χ2v) is 6.15. The summed E-state index contributed by atoms with van der Waals surface area (Å²) in [6.45, 7) is 6.78. The monoisotopic (exact) mass is 349 g/mol. The van der Waals surface area contributed by atoms with Crippen LogP contribution < -0.4 is 4.74 Å². The van der Waals surface area contributed by atoms with Gasteiger partial charge in [0.25, 0.3) is 0 Å². The summed E-state index contributed by atoms with van der Waals surface area (Å²) in [6.07, 6.45) is 0.762. The van der Waals surface area contributed by atoms with Crippen LogP contribution in [0, 0.1) is 0 Å². The number of nitrogens with zero attached hydrogens (tertiary/aromatic N) is 3. The van der Waals surface area contributed by atoms with E-state index in [-0.39, 0.29) is 17.8 Å². The summed E-state index contributed by atoms with van der Waals surface area (Å²) < 4.78 is 12.6. The maximum absolute atomic E-state index is 11.3. The molecule has 2 aromatic rings. The molecule has 0 N–H and O–H groups in total. The minimum atomic E-state index is -0.285. The first kappa shape index (κ1) is 18.3. The Kier molecular flexibility index (Phi) is 6.66. The first-order chi connectivity index (χ1) is 11.6. The van der Waals surface area contributed by atoms with Crippen molar-refractivity contribution >= 4 is 17.7 Å². The molecule has 0 fully saturated rings. The van der Waals surface area contributed by atoms with Crippen molar-refractivity contribution in [1.29, 1.82) is 0 Å². The van der Waals surface area contributed by atoms with Crippen LogP contribution in [0.3, 0.4) is 0 Å². The summed E-state index contributed by atoms with van der Waals surface area (Å²) in [5.41, 5.74) is 1.27. The Balaban J connectivity index is 2.09. The number of carbonyl (C=O) groups is 1. The highest BCUT2D eigenvalue weighted by Crippen LogP contribution is 2.25. The van der Waals surface area contributed by atoms with Gasteiger partial charge in [-0.3, -0.25) is 4.79 Å². The van der Waals surface area contributed by atoms with Crippen LogP contribution in [-0.2, 0) is 22.5 Å². The molecule has 130 valence electrons. The molecule has 2 rings (SSSR count). The molecular weight excluding hydrogens is 326 g/mol. The highest BCUT2D eigenvalue weighted by molar-refractivity contribution is 7.99. The van der Waals surface area contributed by atoms with E-state index in [1.165, 1.54) is 24.4 Å². The van der Waals surface area contributed by atoms with Gasteiger partial charge in [0.1, 0.15) is 5.75 Å². The van der Waals surface area contributed by atoms with Crippen molar-refractivity contribution in [1.82, 2.24) is 14.8 Å². The number of rotatable bonds is 8. The zero-order chi connectivity index (χ0) is 17.5. The number of esters is 1. The molecule has 0 bridgehead atoms. The molecular formula is C17H23N3O3S. The van der Waals surface area contributed by atoms with E-state index >= 15 is 0 Å². The third-order valence-electron chi connectivity index (χ3n) is 3.62. The molecule has 24 heavy (non-hydrogen) atoms. The SMILES string of the molecule is CCc1ccc(OC(C)c2nnc(SCC(=O)OC)n2CC)cc1. The van der Waals surface area contributed by atoms with Crippen molar-refractivity contribution < 1.29 is 14.3 Å². The normalized spacial score (nSPS) is 12.0. The molecule has 1 atom stereocenters. The molecule has 1 aromatic carbocycles. The van der Waals surface area contributed by atoms with Gasteiger partial charge in [-0.2, -0.15) is 0 Å². The summed E-state index contributed by atoms with van der Waals surface area (Å²) in [5.74, 6) is 1.47. The quantitative estimate of drug-likeness (QED) is 0.538. The molecule has 0 aliphatic heterocycles. The van der Waals surface area contributed by atoms with Gasteiger partial charge >= 0.3 is 5.97 Å². The number of methoxy groups -OCH3 is 1. The molecule has 0 radical (unpaired) electrons. The molecule has 1 unspecified atom stereocenters. The Morgan fingerprint density at radius 2 is 1.96 bits per heavy atom. The topological polar surface area (TPSA) is 66.2 Å². The van der Waals surface area contributed by atoms with Gasteiger partial charge in [0, 0.05) is 6.54 Å². The molecule has 0 saturated carbocycles. The number of hydrogen-bond donors (Lipinski definition) is 0. The third-order valence-corrected chi connectivity index (χ3v) is 4.56. The van der Waals surface area contributed by atoms with Gasteiger partial charge in [-0.05, 0) is 38.0 Å². The lowest BCUT2D eigenvalue weighted by Gasteiger charge is -2.15. The number of aromatic nitrogens is 3. The number of hydrogen-bond acceptors (Lipinski definition) is 6. The maximum atomic E-state index is 11.3. The Morgan fingerprint density at radius 1 is 1.25 bits per heavy atom. The van der Waals surface area contributed by atoms with E-state index in [0.29, 0.717) is 11.7 Å². The Bertz CT molecular complexity index is 670. The second kappa shape index (κ2) is 8.73. The fourth-order valence-corrected chi connectivity index (χ4v) is 3.09. The van der Waals surface area contributed by atoms with Crippen LogP contribution in [0.15, 0.2) is 29.4 Å². The van der Waals surface area contributed by atoms with E-state index < -0.39 is 0 Å². The minimum Gasteiger partial charge on any atom is -0.483 e. The Hall–Kier alpha value is -2.02. The highest BCUT2D eigenvalue weighted by atomic mass is 32.2. The van der Waals surface area contributed by atoms with E-state index in [4.69, 9.17) is 4.74 Å². The fraction of sp³-hybridized carbons (Fsp3) is 0.471. The molecule has 0 aliphatic carbocycles. The van der Waals surface area contributed by atoms with Crippen LogP contribution in [0.2, 0.25) is 0 Å². The van der Waals surface area contributed by atoms with Crippen LogP contribution >= 0.6 is 11.8 Å². The molecule has 1 aromatic heterocycles. The van der Waals surface area contributed by atoms with Gasteiger partial charge in [-0.15, -0.1) is 10.2 Å². The van der Waals surface area contributed by atoms with Crippen LogP contribution in [0.25, 0.3) is 0 Å². The molecule has 0 aliphatic rings. The second-order valence-electron chi connectivity index (χ2n) is 5.21. The van der Waals surface area contributed by atoms with E-state index in [0.717, 1.165) is 18.0 Å². The van der Waals surface area contributed by atoms with E-state index in [1.807, 2.05) is 30.5 Å². The highest BCUT2D eigenvalue weighted by Gasteiger charge is 2.19. The average Bonchev–Trinajstić information content (AvgIpc) is 3.03. The standard InChI is InChI=1S/C17H23N3O3S/c1-5-13-7-9-14(10-8-13)23-12(3)16-18-19-17(20(16)6-2)24-11-15(21)22-4/h7-10,12H,5-6,11H2,1-4H3. The van der Waals surface area contributed by atoms with Crippen molar-refractivity contribution in [2.24, 2.45) is 0 Å². The molecule has 6 nitrogen and oxygen atoms in total. The number of thioether (sulfide) groups is 1. The molecule has 0 saturated heterocycles. The van der Waals surface area contributed by atoms with E-state index in [1.54, 1.807) is 0 Å². The van der Waals surface area contributed by atoms with Crippen molar-refractivity contribution in [2.45, 2.75) is 45.0 Å². The zero-order valence-corrected chi connectivity index (χ0v) is 15.3. The number of aryl methyl sites for hydroxylation is 1. The molecule has 0 amide bonds. The fourth-order valence-electron chi connectivity index (χ4n) is 2.25. The van der Waals surface area contributed by atoms with Crippen LogP contribution in [0.4, 0.5) is 0 Å². The third kappa shape index (κ3) is 4.50. The summed E-state index contributed by atoms with van der Waals surface area (Å²) in [7, 11) is 1.37. The number of ether oxygens (including phenoxy) is 2. The number of benzene rings is 1. The minimum absolute atomic E-state index is 0.211. The molecule has 0 spiro atoms. The first-order valence-electron chi connectivity index (χ1n) is 7.97. The Labute approximate surface area is 146 Å². The van der Waals surface area contributed by atoms with Gasteiger partial charge < -0.3 is 14.0 Å². The lowest BCUT2D eigenvalue weighted by atomic mass is 10.2. The molecule has 7 heteroatoms. The first-order valence-corrected chi connectivity index (χ1v) is 8.95. The van der Waals surface area contributed by atoms with Crippen LogP contribution in [0.5, 0.6) is 5.75 Å². The predicted octanol–water partition coefficient (Wildman–Crippen LogP) is 3.27. The molecule has 1 heterocycles. The Morgan fingerprint density at radius 3 is 2.54 bits per heavy atom. The summed E-state index contributed by atoms with van der Waals surface area (Å²) in [5, 5.41) is 9.10. The van der Waals surface area contributed by atoms with Gasteiger partial charge in [0.2, 0.25) is 0 Å². The number of carbonyl (C=O) groups excluding carboxylic acids is 1. The van der Waals surface area contributed by atoms with Gasteiger partial charge in [-0.1, -0.05) is 30.8 Å². The maximum Gasteiger partial charge on any atom is 0.316 e. The van der Waals surface area contributed by atoms with E-state index in [2.05, 4.69) is 34.0 Å². The van der Waals surface area contributed by atoms with Crippen molar-refractivity contribution in [3.63, 3.8) is 0 Å². The van der Waals surface area contributed by atoms with Gasteiger partial charge in [0.15, 0.2) is 17.1 Å². The predicted molar refractivity (Wildman–Crippen MR) is 93.3 cm³/mol. The summed E-state index contributed by atoms with van der Waals surface area (Å²) in [6, 6.07) is 8.05. The average molecular weight is 349 g/mol. The largest absolute Gasteiger partial charge is 0.483 e.